The van der Waals surface area contributed by atoms with Gasteiger partial charge < -0.3 is 15.2 Å². The number of aromatic amines is 1. The van der Waals surface area contributed by atoms with E-state index in [1.807, 2.05) is 19.9 Å². The molecule has 23 heavy (non-hydrogen) atoms. The maximum Gasteiger partial charge on any atom is 0.335 e. The minimum atomic E-state index is -1.11. The first-order chi connectivity index (χ1) is 10.9. The molecule has 1 aromatic heterocycles. The van der Waals surface area contributed by atoms with Crippen LogP contribution in [0, 0.1) is 6.92 Å². The van der Waals surface area contributed by atoms with Gasteiger partial charge in [0.25, 0.3) is 5.91 Å². The monoisotopic (exact) mass is 317 g/mol. The molecule has 0 unspecified atom stereocenters. The van der Waals surface area contributed by atoms with Gasteiger partial charge in [-0.05, 0) is 38.1 Å². The highest BCUT2D eigenvalue weighted by atomic mass is 16.5. The van der Waals surface area contributed by atoms with Gasteiger partial charge in [-0.2, -0.15) is 5.10 Å². The molecule has 1 atom stereocenters. The average molecular weight is 317 g/mol. The highest BCUT2D eigenvalue weighted by molar-refractivity contribution is 5.98. The number of nitrogens with one attached hydrogen (secondary N) is 2. The standard InChI is InChI=1S/C16H19N3O4/c1-9(4-13-5-10(2)18-19-13)17-15(20)11-6-12(16(21)22)8-14(7-11)23-3/h5-9H,4H2,1-3H3,(H,17,20)(H,18,19)(H,21,22)/t9-/m0/s1. The SMILES string of the molecule is COc1cc(C(=O)O)cc(C(=O)N[C@@H](C)Cc2cc(C)[nH]n2)c1. The number of H-pyrrole nitrogens is 1. The van der Waals surface area contributed by atoms with E-state index in [-0.39, 0.29) is 23.1 Å². The van der Waals surface area contributed by atoms with Crippen molar-refractivity contribution < 1.29 is 19.4 Å². The van der Waals surface area contributed by atoms with Gasteiger partial charge in [-0.25, -0.2) is 4.79 Å². The van der Waals surface area contributed by atoms with Crippen molar-refractivity contribution in [2.75, 3.05) is 7.11 Å². The van der Waals surface area contributed by atoms with E-state index >= 15 is 0 Å². The van der Waals surface area contributed by atoms with E-state index in [1.165, 1.54) is 25.3 Å². The van der Waals surface area contributed by atoms with Gasteiger partial charge in [0, 0.05) is 23.7 Å². The number of benzene rings is 1. The molecule has 0 bridgehead atoms. The van der Waals surface area contributed by atoms with E-state index in [1.54, 1.807) is 0 Å². The number of aromatic nitrogens is 2. The Morgan fingerprint density at radius 2 is 2.00 bits per heavy atom. The lowest BCUT2D eigenvalue weighted by Gasteiger charge is -2.13. The van der Waals surface area contributed by atoms with Crippen molar-refractivity contribution in [3.05, 3.63) is 46.8 Å². The Morgan fingerprint density at radius 3 is 2.57 bits per heavy atom. The summed E-state index contributed by atoms with van der Waals surface area (Å²) in [6, 6.07) is 5.97. The zero-order chi connectivity index (χ0) is 17.0. The number of hydrogen-bond donors (Lipinski definition) is 3. The second kappa shape index (κ2) is 6.95. The topological polar surface area (TPSA) is 104 Å². The molecule has 0 aliphatic heterocycles. The minimum Gasteiger partial charge on any atom is -0.497 e. The van der Waals surface area contributed by atoms with Gasteiger partial charge in [-0.15, -0.1) is 0 Å². The summed E-state index contributed by atoms with van der Waals surface area (Å²) in [5.41, 5.74) is 2.06. The number of aromatic carboxylic acids is 1. The predicted molar refractivity (Wildman–Crippen MR) is 83.9 cm³/mol. The van der Waals surface area contributed by atoms with E-state index in [0.717, 1.165) is 11.4 Å². The van der Waals surface area contributed by atoms with Crippen LogP contribution in [0.25, 0.3) is 0 Å². The van der Waals surface area contributed by atoms with Crippen molar-refractivity contribution >= 4 is 11.9 Å². The van der Waals surface area contributed by atoms with Crippen LogP contribution in [-0.4, -0.2) is 40.3 Å². The molecule has 122 valence electrons. The van der Waals surface area contributed by atoms with E-state index in [9.17, 15) is 9.59 Å². The summed E-state index contributed by atoms with van der Waals surface area (Å²) in [6.07, 6.45) is 0.575. The lowest BCUT2D eigenvalue weighted by Crippen LogP contribution is -2.34. The van der Waals surface area contributed by atoms with Crippen molar-refractivity contribution in [3.63, 3.8) is 0 Å². The highest BCUT2D eigenvalue weighted by Gasteiger charge is 2.15. The first-order valence-corrected chi connectivity index (χ1v) is 7.13. The average Bonchev–Trinajstić information content (AvgIpc) is 2.91. The molecular weight excluding hydrogens is 298 g/mol. The summed E-state index contributed by atoms with van der Waals surface area (Å²) >= 11 is 0. The summed E-state index contributed by atoms with van der Waals surface area (Å²) in [5, 5.41) is 18.9. The summed E-state index contributed by atoms with van der Waals surface area (Å²) in [4.78, 5) is 23.4. The molecular formula is C16H19N3O4. The van der Waals surface area contributed by atoms with Crippen LogP contribution in [0.5, 0.6) is 5.75 Å². The van der Waals surface area contributed by atoms with E-state index in [4.69, 9.17) is 9.84 Å². The van der Waals surface area contributed by atoms with Crippen LogP contribution in [0.3, 0.4) is 0 Å². The van der Waals surface area contributed by atoms with Gasteiger partial charge in [0.1, 0.15) is 5.75 Å². The van der Waals surface area contributed by atoms with Crippen LogP contribution in [0.15, 0.2) is 24.3 Å². The third kappa shape index (κ3) is 4.32. The minimum absolute atomic E-state index is 0.00470. The molecule has 0 aliphatic rings. The number of nitrogens with zero attached hydrogens (tertiary/aromatic N) is 1. The molecule has 0 saturated carbocycles. The summed E-state index contributed by atoms with van der Waals surface area (Å²) < 4.78 is 5.04. The smallest absolute Gasteiger partial charge is 0.335 e. The molecule has 1 aromatic carbocycles. The third-order valence-corrected chi connectivity index (χ3v) is 3.30. The lowest BCUT2D eigenvalue weighted by atomic mass is 10.1. The molecule has 0 radical (unpaired) electrons. The molecule has 0 spiro atoms. The fourth-order valence-electron chi connectivity index (χ4n) is 2.22. The van der Waals surface area contributed by atoms with Crippen LogP contribution < -0.4 is 10.1 Å². The Hall–Kier alpha value is -2.83. The first kappa shape index (κ1) is 16.5. The van der Waals surface area contributed by atoms with Gasteiger partial charge in [-0.1, -0.05) is 0 Å². The Kier molecular flexibility index (Phi) is 5.00. The Bertz CT molecular complexity index is 724. The van der Waals surface area contributed by atoms with Crippen molar-refractivity contribution in [2.24, 2.45) is 0 Å². The van der Waals surface area contributed by atoms with Crippen LogP contribution in [0.2, 0.25) is 0 Å². The van der Waals surface area contributed by atoms with Crippen LogP contribution in [0.4, 0.5) is 0 Å². The quantitative estimate of drug-likeness (QED) is 0.753. The predicted octanol–water partition coefficient (Wildman–Crippen LogP) is 1.79. The maximum absolute atomic E-state index is 12.3. The molecule has 2 aromatic rings. The third-order valence-electron chi connectivity index (χ3n) is 3.30. The van der Waals surface area contributed by atoms with E-state index in [2.05, 4.69) is 15.5 Å². The molecule has 0 fully saturated rings. The second-order valence-electron chi connectivity index (χ2n) is 5.38. The lowest BCUT2D eigenvalue weighted by molar-refractivity contribution is 0.0696. The summed E-state index contributed by atoms with van der Waals surface area (Å²) in [7, 11) is 1.42. The zero-order valence-corrected chi connectivity index (χ0v) is 13.2. The summed E-state index contributed by atoms with van der Waals surface area (Å²) in [5.74, 6) is -1.14. The van der Waals surface area contributed by atoms with E-state index < -0.39 is 5.97 Å². The highest BCUT2D eigenvalue weighted by Crippen LogP contribution is 2.17. The fourth-order valence-corrected chi connectivity index (χ4v) is 2.22. The number of methoxy groups -OCH3 is 1. The van der Waals surface area contributed by atoms with Gasteiger partial charge >= 0.3 is 5.97 Å². The number of carbonyl (C=O) groups excluding carboxylic acids is 1. The van der Waals surface area contributed by atoms with Crippen LogP contribution in [0.1, 0.15) is 39.0 Å². The molecule has 0 saturated heterocycles. The second-order valence-corrected chi connectivity index (χ2v) is 5.38. The summed E-state index contributed by atoms with van der Waals surface area (Å²) in [6.45, 7) is 3.77. The zero-order valence-electron chi connectivity index (χ0n) is 13.2. The number of aryl methyl sites for hydroxylation is 1. The number of ether oxygens (including phenoxy) is 1. The molecule has 3 N–H and O–H groups in total. The van der Waals surface area contributed by atoms with Crippen LogP contribution in [-0.2, 0) is 6.42 Å². The molecule has 1 heterocycles. The number of carboxylic acids is 1. The van der Waals surface area contributed by atoms with Gasteiger partial charge in [0.05, 0.1) is 18.4 Å². The van der Waals surface area contributed by atoms with Crippen molar-refractivity contribution in [3.8, 4) is 5.75 Å². The Balaban J connectivity index is 2.10. The first-order valence-electron chi connectivity index (χ1n) is 7.13. The molecule has 7 nitrogen and oxygen atoms in total. The molecule has 2 rings (SSSR count). The number of amides is 1. The number of rotatable bonds is 6. The van der Waals surface area contributed by atoms with Crippen LogP contribution >= 0.6 is 0 Å². The molecule has 7 heteroatoms. The van der Waals surface area contributed by atoms with Gasteiger partial charge in [0.2, 0.25) is 0 Å². The Morgan fingerprint density at radius 1 is 1.30 bits per heavy atom. The van der Waals surface area contributed by atoms with Gasteiger partial charge in [-0.3, -0.25) is 9.89 Å². The molecule has 1 amide bonds. The van der Waals surface area contributed by atoms with Gasteiger partial charge in [0.15, 0.2) is 0 Å². The van der Waals surface area contributed by atoms with Crippen molar-refractivity contribution in [2.45, 2.75) is 26.3 Å². The van der Waals surface area contributed by atoms with E-state index in [0.29, 0.717) is 12.2 Å². The molecule has 0 aliphatic carbocycles. The number of hydrogen-bond acceptors (Lipinski definition) is 4. The van der Waals surface area contributed by atoms with Crippen molar-refractivity contribution in [1.82, 2.24) is 15.5 Å². The number of carboxylic acid groups (broad SMARTS) is 1. The Labute approximate surface area is 133 Å². The fraction of sp³-hybridized carbons (Fsp3) is 0.312. The normalized spacial score (nSPS) is 11.8. The largest absolute Gasteiger partial charge is 0.497 e. The maximum atomic E-state index is 12.3. The van der Waals surface area contributed by atoms with Crippen molar-refractivity contribution in [1.29, 1.82) is 0 Å². The number of carbonyl (C=O) groups is 2.